The van der Waals surface area contributed by atoms with Gasteiger partial charge >= 0.3 is 0 Å². The maximum atomic E-state index is 5.49. The minimum atomic E-state index is -0.178. The molecular formula is C12H16N4S. The molecule has 0 radical (unpaired) electrons. The van der Waals surface area contributed by atoms with Crippen LogP contribution in [0, 0.1) is 0 Å². The summed E-state index contributed by atoms with van der Waals surface area (Å²) in [7, 11) is 0. The normalized spacial score (nSPS) is 29.1. The number of rotatable bonds is 0. The average Bonchev–Trinajstić information content (AvgIpc) is 2.46. The summed E-state index contributed by atoms with van der Waals surface area (Å²) in [5.41, 5.74) is 0.878. The van der Waals surface area contributed by atoms with Crippen molar-refractivity contribution < 1.29 is 0 Å². The molecule has 2 aliphatic rings. The molecule has 1 fully saturated rings. The summed E-state index contributed by atoms with van der Waals surface area (Å²) in [4.78, 5) is 6.51. The van der Waals surface area contributed by atoms with Crippen LogP contribution in [0.1, 0.15) is 27.2 Å². The van der Waals surface area contributed by atoms with Crippen LogP contribution in [0.25, 0.3) is 0 Å². The van der Waals surface area contributed by atoms with E-state index in [1.165, 1.54) is 0 Å². The van der Waals surface area contributed by atoms with Crippen LogP contribution in [0.5, 0.6) is 0 Å². The van der Waals surface area contributed by atoms with Crippen LogP contribution >= 0.6 is 12.2 Å². The van der Waals surface area contributed by atoms with Crippen LogP contribution in [0.15, 0.2) is 18.3 Å². The summed E-state index contributed by atoms with van der Waals surface area (Å²) in [6, 6.07) is 3.99. The lowest BCUT2D eigenvalue weighted by atomic mass is 9.89. The summed E-state index contributed by atoms with van der Waals surface area (Å²) in [5.74, 6) is 0.914. The molecule has 1 saturated heterocycles. The third-order valence-corrected chi connectivity index (χ3v) is 3.63. The van der Waals surface area contributed by atoms with E-state index in [9.17, 15) is 0 Å². The number of thiocarbonyl (C=S) groups is 1. The molecule has 4 nitrogen and oxygen atoms in total. The Labute approximate surface area is 106 Å². The molecule has 90 valence electrons. The SMILES string of the molecule is CC1(C)CC2(C)Nc3ncccc3N2C(=S)N1. The molecule has 0 bridgehead atoms. The van der Waals surface area contributed by atoms with Crippen molar-refractivity contribution in [3.05, 3.63) is 18.3 Å². The Morgan fingerprint density at radius 1 is 1.35 bits per heavy atom. The van der Waals surface area contributed by atoms with Crippen molar-refractivity contribution in [1.82, 2.24) is 10.3 Å². The molecule has 0 spiro atoms. The number of hydrogen-bond acceptors (Lipinski definition) is 3. The highest BCUT2D eigenvalue weighted by molar-refractivity contribution is 7.80. The smallest absolute Gasteiger partial charge is 0.175 e. The van der Waals surface area contributed by atoms with Crippen molar-refractivity contribution in [1.29, 1.82) is 0 Å². The highest BCUT2D eigenvalue weighted by Crippen LogP contribution is 2.44. The molecule has 0 aliphatic carbocycles. The minimum absolute atomic E-state index is 0.00260. The lowest BCUT2D eigenvalue weighted by Crippen LogP contribution is -2.67. The predicted molar refractivity (Wildman–Crippen MR) is 73.2 cm³/mol. The number of anilines is 2. The lowest BCUT2D eigenvalue weighted by Gasteiger charge is -2.48. The van der Waals surface area contributed by atoms with E-state index in [1.54, 1.807) is 6.20 Å². The molecule has 5 heteroatoms. The topological polar surface area (TPSA) is 40.2 Å². The molecule has 0 aromatic carbocycles. The third kappa shape index (κ3) is 1.49. The molecule has 17 heavy (non-hydrogen) atoms. The second-order valence-electron chi connectivity index (χ2n) is 5.60. The van der Waals surface area contributed by atoms with Crippen molar-refractivity contribution in [2.24, 2.45) is 0 Å². The predicted octanol–water partition coefficient (Wildman–Crippen LogP) is 2.09. The molecule has 1 aromatic heterocycles. The van der Waals surface area contributed by atoms with Gasteiger partial charge in [-0.3, -0.25) is 4.90 Å². The van der Waals surface area contributed by atoms with E-state index < -0.39 is 0 Å². The number of hydrogen-bond donors (Lipinski definition) is 2. The molecule has 0 amide bonds. The van der Waals surface area contributed by atoms with E-state index in [4.69, 9.17) is 12.2 Å². The Kier molecular flexibility index (Phi) is 1.96. The van der Waals surface area contributed by atoms with Gasteiger partial charge in [0.05, 0.1) is 5.69 Å². The second kappa shape index (κ2) is 3.10. The zero-order chi connectivity index (χ0) is 12.3. The molecule has 2 N–H and O–H groups in total. The zero-order valence-corrected chi connectivity index (χ0v) is 11.1. The van der Waals surface area contributed by atoms with Gasteiger partial charge in [0.1, 0.15) is 5.66 Å². The van der Waals surface area contributed by atoms with Gasteiger partial charge in [-0.1, -0.05) is 0 Å². The number of aromatic nitrogens is 1. The largest absolute Gasteiger partial charge is 0.357 e. The maximum Gasteiger partial charge on any atom is 0.175 e. The Morgan fingerprint density at radius 2 is 2.12 bits per heavy atom. The first-order valence-corrected chi connectivity index (χ1v) is 6.18. The second-order valence-corrected chi connectivity index (χ2v) is 5.98. The molecule has 0 saturated carbocycles. The molecule has 2 aliphatic heterocycles. The van der Waals surface area contributed by atoms with Gasteiger partial charge in [0, 0.05) is 18.2 Å². The fourth-order valence-electron chi connectivity index (χ4n) is 2.96. The van der Waals surface area contributed by atoms with E-state index in [2.05, 4.69) is 41.3 Å². The molecule has 1 unspecified atom stereocenters. The van der Waals surface area contributed by atoms with Crippen molar-refractivity contribution in [2.75, 3.05) is 10.2 Å². The van der Waals surface area contributed by atoms with Gasteiger partial charge in [0.2, 0.25) is 0 Å². The van der Waals surface area contributed by atoms with Crippen molar-refractivity contribution in [2.45, 2.75) is 38.4 Å². The first kappa shape index (κ1) is 10.8. The Hall–Kier alpha value is -1.36. The quantitative estimate of drug-likeness (QED) is 0.688. The number of nitrogens with zero attached hydrogens (tertiary/aromatic N) is 2. The van der Waals surface area contributed by atoms with E-state index in [0.717, 1.165) is 23.0 Å². The van der Waals surface area contributed by atoms with Crippen molar-refractivity contribution in [3.8, 4) is 0 Å². The van der Waals surface area contributed by atoms with E-state index in [1.807, 2.05) is 12.1 Å². The average molecular weight is 248 g/mol. The summed E-state index contributed by atoms with van der Waals surface area (Å²) >= 11 is 5.49. The van der Waals surface area contributed by atoms with Gasteiger partial charge in [0.15, 0.2) is 10.9 Å². The van der Waals surface area contributed by atoms with Crippen molar-refractivity contribution >= 4 is 28.8 Å². The Morgan fingerprint density at radius 3 is 2.88 bits per heavy atom. The summed E-state index contributed by atoms with van der Waals surface area (Å²) in [6.07, 6.45) is 2.76. The van der Waals surface area contributed by atoms with Crippen LogP contribution in [-0.2, 0) is 0 Å². The highest BCUT2D eigenvalue weighted by atomic mass is 32.1. The minimum Gasteiger partial charge on any atom is -0.357 e. The molecule has 3 heterocycles. The van der Waals surface area contributed by atoms with Gasteiger partial charge < -0.3 is 10.6 Å². The van der Waals surface area contributed by atoms with E-state index in [-0.39, 0.29) is 11.2 Å². The maximum absolute atomic E-state index is 5.49. The standard InChI is InChI=1S/C12H16N4S/c1-11(2)7-12(3)14-9-8(5-4-6-13-9)16(12)10(17)15-11/h4-6H,7H2,1-3H3,(H,13,14)(H,15,17). The van der Waals surface area contributed by atoms with Crippen LogP contribution in [0.3, 0.4) is 0 Å². The van der Waals surface area contributed by atoms with E-state index in [0.29, 0.717) is 0 Å². The fourth-order valence-corrected chi connectivity index (χ4v) is 3.53. The van der Waals surface area contributed by atoms with E-state index >= 15 is 0 Å². The van der Waals surface area contributed by atoms with Gasteiger partial charge in [-0.15, -0.1) is 0 Å². The van der Waals surface area contributed by atoms with Crippen LogP contribution < -0.4 is 15.5 Å². The highest BCUT2D eigenvalue weighted by Gasteiger charge is 2.49. The summed E-state index contributed by atoms with van der Waals surface area (Å²) < 4.78 is 0. The number of pyridine rings is 1. The van der Waals surface area contributed by atoms with Crippen LogP contribution in [-0.4, -0.2) is 21.3 Å². The summed E-state index contributed by atoms with van der Waals surface area (Å²) in [6.45, 7) is 6.50. The lowest BCUT2D eigenvalue weighted by molar-refractivity contribution is 0.310. The Balaban J connectivity index is 2.10. The number of nitrogens with one attached hydrogen (secondary N) is 2. The Bertz CT molecular complexity index is 499. The molecule has 1 atom stereocenters. The first-order valence-electron chi connectivity index (χ1n) is 5.77. The molecule has 3 rings (SSSR count). The fraction of sp³-hybridized carbons (Fsp3) is 0.500. The van der Waals surface area contributed by atoms with Gasteiger partial charge in [0.25, 0.3) is 0 Å². The first-order chi connectivity index (χ1) is 7.91. The molecular weight excluding hydrogens is 232 g/mol. The third-order valence-electron chi connectivity index (χ3n) is 3.34. The van der Waals surface area contributed by atoms with Crippen molar-refractivity contribution in [3.63, 3.8) is 0 Å². The monoisotopic (exact) mass is 248 g/mol. The van der Waals surface area contributed by atoms with Crippen LogP contribution in [0.2, 0.25) is 0 Å². The summed E-state index contributed by atoms with van der Waals surface area (Å²) in [5, 5.41) is 7.64. The zero-order valence-electron chi connectivity index (χ0n) is 10.2. The van der Waals surface area contributed by atoms with Gasteiger partial charge in [-0.25, -0.2) is 4.98 Å². The molecule has 1 aromatic rings. The van der Waals surface area contributed by atoms with Gasteiger partial charge in [-0.05, 0) is 45.1 Å². The number of fused-ring (bicyclic) bond motifs is 3. The van der Waals surface area contributed by atoms with Crippen LogP contribution in [0.4, 0.5) is 11.5 Å². The van der Waals surface area contributed by atoms with Gasteiger partial charge in [-0.2, -0.15) is 0 Å².